The fraction of sp³-hybridized carbons (Fsp3) is 0.217. The van der Waals surface area contributed by atoms with Gasteiger partial charge in [0.05, 0.1) is 68.2 Å². The molecule has 126 heavy (non-hydrogen) atoms. The third kappa shape index (κ3) is 16.8. The van der Waals surface area contributed by atoms with Crippen LogP contribution in [-0.4, -0.2) is 47.4 Å². The largest absolute Gasteiger partial charge is 0.453 e. The smallest absolute Gasteiger partial charge is 0.183 e. The molecule has 0 fully saturated rings. The van der Waals surface area contributed by atoms with Crippen molar-refractivity contribution in [1.29, 1.82) is 0 Å². The van der Waals surface area contributed by atoms with Crippen molar-refractivity contribution in [1.82, 2.24) is 4.57 Å². The van der Waals surface area contributed by atoms with Gasteiger partial charge in [-0.25, -0.2) is 0 Å². The van der Waals surface area contributed by atoms with Crippen LogP contribution in [0.3, 0.4) is 0 Å². The third-order valence-electron chi connectivity index (χ3n) is 23.7. The topological polar surface area (TPSA) is 36.8 Å². The van der Waals surface area contributed by atoms with Crippen LogP contribution < -0.4 is 59.8 Å². The zero-order valence-corrected chi connectivity index (χ0v) is 78.6. The van der Waals surface area contributed by atoms with Crippen molar-refractivity contribution in [2.45, 2.75) is 168 Å². The summed E-state index contributed by atoms with van der Waals surface area (Å²) in [5.41, 5.74) is 21.6. The monoisotopic (exact) mass is 1690 g/mol. The molecule has 5 aliphatic rings. The van der Waals surface area contributed by atoms with Crippen LogP contribution in [0.25, 0.3) is 21.8 Å². The van der Waals surface area contributed by atoms with Gasteiger partial charge in [-0.05, 0) is 279 Å². The molecule has 0 atom stereocenters. The fourth-order valence-electron chi connectivity index (χ4n) is 19.0. The van der Waals surface area contributed by atoms with E-state index in [9.17, 15) is 0 Å². The van der Waals surface area contributed by atoms with E-state index in [0.29, 0.717) is 0 Å². The van der Waals surface area contributed by atoms with Crippen molar-refractivity contribution in [3.63, 3.8) is 0 Å². The first-order valence-corrected chi connectivity index (χ1v) is 47.1. The Kier molecular flexibility index (Phi) is 24.0. The van der Waals surface area contributed by atoms with E-state index in [2.05, 4.69) is 528 Å². The molecule has 0 saturated carbocycles. The average molecular weight is 1690 g/mol. The molecule has 0 bridgehead atoms. The molecule has 0 N–H and O–H groups in total. The molecule has 0 saturated heterocycles. The second kappa shape index (κ2) is 34.9. The lowest BCUT2D eigenvalue weighted by molar-refractivity contribution is 0.423. The van der Waals surface area contributed by atoms with E-state index in [4.69, 9.17) is 4.74 Å². The zero-order valence-electron chi connectivity index (χ0n) is 76.8. The van der Waals surface area contributed by atoms with Crippen molar-refractivity contribution in [2.24, 2.45) is 0 Å². The summed E-state index contributed by atoms with van der Waals surface area (Å²) >= 11 is 1.86. The first kappa shape index (κ1) is 86.6. The Morgan fingerprint density at radius 3 is 0.841 bits per heavy atom. The van der Waals surface area contributed by atoms with Crippen LogP contribution in [0.5, 0.6) is 11.5 Å². The van der Waals surface area contributed by atoms with Crippen LogP contribution in [0, 0.1) is 0 Å². The predicted molar refractivity (Wildman–Crippen MR) is 546 cm³/mol. The SMILES string of the molecule is CC(C)(C)N1c2ccccc2N(c2ccccc2)c2ccccc21.CC(C)(C)N1c2ccccc2Oc2ccccc21.CC(C)(C)N1c2ccccc2Sc2ccccc21.CC(C)(C)N1c2ccccc2[Si](c2ccccc2)(c2ccccc2)c2ccccc21.CC(C)(C)n1c2ccccc2c2ccccc21.CN1c2ccccc2N(C(C)(C)C)c2ccccc21. The van der Waals surface area contributed by atoms with Crippen LogP contribution in [-0.2, 0) is 5.54 Å². The molecule has 16 aromatic rings. The van der Waals surface area contributed by atoms with Gasteiger partial charge >= 0.3 is 0 Å². The highest BCUT2D eigenvalue weighted by atomic mass is 32.2. The highest BCUT2D eigenvalue weighted by Gasteiger charge is 2.50. The van der Waals surface area contributed by atoms with E-state index in [1.165, 1.54) is 126 Å². The minimum atomic E-state index is -2.44. The summed E-state index contributed by atoms with van der Waals surface area (Å²) in [7, 11) is -0.302. The molecule has 0 radical (unpaired) electrons. The second-order valence-electron chi connectivity index (χ2n) is 38.8. The summed E-state index contributed by atoms with van der Waals surface area (Å²) < 4.78 is 8.39. The minimum absolute atomic E-state index is 0.00498. The van der Waals surface area contributed by atoms with Gasteiger partial charge in [0.1, 0.15) is 0 Å². The average Bonchev–Trinajstić information content (AvgIpc) is 0.757. The van der Waals surface area contributed by atoms with Crippen molar-refractivity contribution < 1.29 is 4.74 Å². The predicted octanol–water partition coefficient (Wildman–Crippen LogP) is 29.8. The molecule has 0 amide bonds. The summed E-state index contributed by atoms with van der Waals surface area (Å²) in [5.74, 6) is 1.84. The van der Waals surface area contributed by atoms with E-state index in [1.807, 2.05) is 36.0 Å². The first-order chi connectivity index (χ1) is 60.3. The lowest BCUT2D eigenvalue weighted by Crippen LogP contribution is -2.78. The Balaban J connectivity index is 0.000000113. The molecule has 6 heterocycles. The number of ether oxygens (including phenoxy) is 1. The number of fused-ring (bicyclic) bond motifs is 13. The number of hydrogen-bond acceptors (Lipinski definition) is 9. The van der Waals surface area contributed by atoms with Gasteiger partial charge < -0.3 is 43.6 Å². The van der Waals surface area contributed by atoms with Gasteiger partial charge in [0.2, 0.25) is 0 Å². The quantitative estimate of drug-likeness (QED) is 0.161. The van der Waals surface area contributed by atoms with Gasteiger partial charge in [-0.3, -0.25) is 0 Å². The summed E-state index contributed by atoms with van der Waals surface area (Å²) in [6.07, 6.45) is 0. The minimum Gasteiger partial charge on any atom is -0.453 e. The van der Waals surface area contributed by atoms with Crippen molar-refractivity contribution >= 4 is 148 Å². The molecule has 0 unspecified atom stereocenters. The van der Waals surface area contributed by atoms with Crippen molar-refractivity contribution in [2.75, 3.05) is 41.3 Å². The Labute approximate surface area is 754 Å². The van der Waals surface area contributed by atoms with Crippen LogP contribution >= 0.6 is 11.8 Å². The number of rotatable bonds is 3. The number of anilines is 15. The molecule has 1 aromatic heterocycles. The van der Waals surface area contributed by atoms with Gasteiger partial charge in [-0.15, -0.1) is 0 Å². The normalized spacial score (nSPS) is 13.8. The third-order valence-corrected chi connectivity index (χ3v) is 29.7. The Morgan fingerprint density at radius 1 is 0.222 bits per heavy atom. The highest BCUT2D eigenvalue weighted by Crippen LogP contribution is 2.56. The van der Waals surface area contributed by atoms with Crippen LogP contribution in [0.1, 0.15) is 125 Å². The van der Waals surface area contributed by atoms with Crippen molar-refractivity contribution in [3.05, 3.63) is 382 Å². The zero-order chi connectivity index (χ0) is 88.7. The molecule has 9 nitrogen and oxygen atoms in total. The maximum absolute atomic E-state index is 5.96. The van der Waals surface area contributed by atoms with Gasteiger partial charge in [0.15, 0.2) is 19.6 Å². The number of hydrogen-bond donors (Lipinski definition) is 0. The van der Waals surface area contributed by atoms with E-state index in [-0.39, 0.29) is 33.2 Å². The van der Waals surface area contributed by atoms with E-state index < -0.39 is 8.07 Å². The van der Waals surface area contributed by atoms with E-state index >= 15 is 0 Å². The highest BCUT2D eigenvalue weighted by molar-refractivity contribution is 7.99. The van der Waals surface area contributed by atoms with Crippen LogP contribution in [0.4, 0.5) is 85.3 Å². The lowest BCUT2D eigenvalue weighted by Gasteiger charge is -2.49. The van der Waals surface area contributed by atoms with Gasteiger partial charge in [0.25, 0.3) is 0 Å². The Hall–Kier alpha value is -12.9. The lowest BCUT2D eigenvalue weighted by atomic mass is 9.98. The molecule has 11 heteroatoms. The summed E-state index contributed by atoms with van der Waals surface area (Å²) in [6.45, 7) is 40.7. The number of benzene rings is 15. The van der Waals surface area contributed by atoms with E-state index in [0.717, 1.165) is 22.9 Å². The van der Waals surface area contributed by atoms with Crippen LogP contribution in [0.2, 0.25) is 0 Å². The fourth-order valence-corrected chi connectivity index (χ4v) is 25.2. The molecule has 0 aliphatic carbocycles. The molecule has 15 aromatic carbocycles. The van der Waals surface area contributed by atoms with Gasteiger partial charge in [-0.1, -0.05) is 260 Å². The summed E-state index contributed by atoms with van der Waals surface area (Å²) in [6, 6.07) is 137. The van der Waals surface area contributed by atoms with Crippen molar-refractivity contribution in [3.8, 4) is 11.5 Å². The molecule has 21 rings (SSSR count). The Morgan fingerprint density at radius 2 is 0.476 bits per heavy atom. The Bertz CT molecular complexity index is 6080. The number of para-hydroxylation sites is 19. The number of aromatic nitrogens is 1. The summed E-state index contributed by atoms with van der Waals surface area (Å²) in [5, 5.41) is 8.50. The van der Waals surface area contributed by atoms with Crippen LogP contribution in [0.15, 0.2) is 392 Å². The second-order valence-corrected chi connectivity index (χ2v) is 43.7. The van der Waals surface area contributed by atoms with Gasteiger partial charge in [-0.2, -0.15) is 0 Å². The molecular formula is C115H120N8OSSi. The van der Waals surface area contributed by atoms with E-state index in [1.54, 1.807) is 0 Å². The molecule has 0 spiro atoms. The number of nitrogens with zero attached hydrogens (tertiary/aromatic N) is 8. The van der Waals surface area contributed by atoms with Gasteiger partial charge in [0, 0.05) is 88.9 Å². The maximum Gasteiger partial charge on any atom is 0.183 e. The first-order valence-electron chi connectivity index (χ1n) is 44.3. The summed E-state index contributed by atoms with van der Waals surface area (Å²) in [4.78, 5) is 19.5. The molecule has 636 valence electrons. The molecule has 5 aliphatic heterocycles. The standard InChI is InChI=1S/C28H27NSi.C22H22N2.C17H20N2.C16H17NO.C16H17NS.C16H17N/c1-28(2,3)29-24-18-10-12-20-26(24)30(22-14-6-4-7-15-22,23-16-8-5-9-17-23)27-21-13-11-19-25(27)29;1-22(2,3)24-20-15-9-7-13-18(20)23(17-11-5-4-6-12-17)19-14-8-10-16-21(19)24;1-17(2,3)19-15-11-7-5-9-13(15)18(4)14-10-6-8-12-16(14)19;2*1-16(2,3)17-12-8-4-6-10-14(12)18-15-11-7-5-9-13(15)17;1-16(2,3)17-14-10-6-4-8-12(14)13-9-5-7-11-15(13)17/h4-21H,1-3H3;4-16H,1-3H3;5-12H,1-4H3;2*4-11H,1-3H3;4-11H,1-3H3. The maximum atomic E-state index is 5.96. The molecular weight excluding hydrogens is 1570 g/mol.